The summed E-state index contributed by atoms with van der Waals surface area (Å²) in [4.78, 5) is 19.6. The summed E-state index contributed by atoms with van der Waals surface area (Å²) in [6, 6.07) is 24.2. The first-order valence-corrected chi connectivity index (χ1v) is 14.3. The Labute approximate surface area is 237 Å². The molecule has 0 saturated heterocycles. The Morgan fingerprint density at radius 1 is 0.975 bits per heavy atom. The number of hydrogen-bond donors (Lipinski definition) is 0. The summed E-state index contributed by atoms with van der Waals surface area (Å²) in [6.07, 6.45) is 3.10. The predicted octanol–water partition coefficient (Wildman–Crippen LogP) is 6.19. The lowest BCUT2D eigenvalue weighted by atomic mass is 9.87. The highest BCUT2D eigenvalue weighted by Crippen LogP contribution is 2.39. The van der Waals surface area contributed by atoms with Crippen molar-refractivity contribution >= 4 is 17.0 Å². The lowest BCUT2D eigenvalue weighted by molar-refractivity contribution is 0.403. The lowest BCUT2D eigenvalue weighted by Gasteiger charge is -2.28. The minimum absolute atomic E-state index is 0.0706. The maximum atomic E-state index is 13.8. The average molecular weight is 553 g/mol. The molecule has 8 heteroatoms. The molecule has 1 aliphatic rings. The Balaban J connectivity index is 1.62. The summed E-state index contributed by atoms with van der Waals surface area (Å²) >= 11 is 1.54. The third kappa shape index (κ3) is 4.38. The van der Waals surface area contributed by atoms with E-state index in [-0.39, 0.29) is 11.6 Å². The van der Waals surface area contributed by atoms with Gasteiger partial charge in [0.25, 0.3) is 5.56 Å². The van der Waals surface area contributed by atoms with Crippen molar-refractivity contribution in [1.29, 1.82) is 0 Å². The van der Waals surface area contributed by atoms with Crippen LogP contribution in [0.2, 0.25) is 0 Å². The van der Waals surface area contributed by atoms with E-state index in [4.69, 9.17) is 14.5 Å². The fraction of sp³-hybridized carbons (Fsp3) is 0.250. The van der Waals surface area contributed by atoms with Crippen molar-refractivity contribution in [2.75, 3.05) is 14.2 Å². The second kappa shape index (κ2) is 10.7. The minimum Gasteiger partial charge on any atom is -0.497 e. The summed E-state index contributed by atoms with van der Waals surface area (Å²) in [5.41, 5.74) is 6.47. The normalized spacial score (nSPS) is 15.2. The van der Waals surface area contributed by atoms with Crippen LogP contribution in [0.1, 0.15) is 35.7 Å². The van der Waals surface area contributed by atoms with E-state index >= 15 is 0 Å². The molecule has 0 radical (unpaired) electrons. The van der Waals surface area contributed by atoms with Crippen LogP contribution in [0.3, 0.4) is 0 Å². The van der Waals surface area contributed by atoms with Crippen LogP contribution in [0.4, 0.5) is 5.69 Å². The molecule has 0 bridgehead atoms. The van der Waals surface area contributed by atoms with E-state index in [2.05, 4.69) is 34.2 Å². The molecule has 0 fully saturated rings. The molecule has 0 saturated carbocycles. The third-order valence-electron chi connectivity index (χ3n) is 7.80. The zero-order chi connectivity index (χ0) is 27.8. The number of hydrogen-bond acceptors (Lipinski definition) is 5. The highest BCUT2D eigenvalue weighted by Gasteiger charge is 2.27. The number of methoxy groups -OCH3 is 2. The van der Waals surface area contributed by atoms with Gasteiger partial charge in [0.05, 0.1) is 37.3 Å². The van der Waals surface area contributed by atoms with Gasteiger partial charge in [0, 0.05) is 18.0 Å². The smallest absolute Gasteiger partial charge is 0.297 e. The van der Waals surface area contributed by atoms with E-state index in [0.717, 1.165) is 58.2 Å². The highest BCUT2D eigenvalue weighted by atomic mass is 32.1. The molecular weight excluding hydrogens is 520 g/mol. The average Bonchev–Trinajstić information content (AvgIpc) is 3.50. The lowest BCUT2D eigenvalue weighted by Crippen LogP contribution is -2.26. The molecule has 7 nitrogen and oxygen atoms in total. The molecule has 0 amide bonds. The van der Waals surface area contributed by atoms with Crippen molar-refractivity contribution in [3.63, 3.8) is 0 Å². The standard InChI is InChI=1S/C32H32N4O3S/c1-21-30(31(37)36(34(21)2)23-13-6-5-7-14-23)33-32-35(27-16-10-12-22-11-8-9-15-25(22)27)28(20-40-32)26-19-24(38-3)17-18-29(26)39-4/h5-9,11,13-15,17-20,27H,10,12,16H2,1-4H3. The van der Waals surface area contributed by atoms with Crippen LogP contribution >= 0.6 is 11.3 Å². The van der Waals surface area contributed by atoms with Gasteiger partial charge in [-0.05, 0) is 67.6 Å². The Bertz CT molecular complexity index is 1810. The van der Waals surface area contributed by atoms with Crippen molar-refractivity contribution < 1.29 is 9.47 Å². The van der Waals surface area contributed by atoms with Crippen LogP contribution in [0, 0.1) is 6.92 Å². The van der Waals surface area contributed by atoms with E-state index in [0.29, 0.717) is 5.69 Å². The fourth-order valence-corrected chi connectivity index (χ4v) is 6.63. The summed E-state index contributed by atoms with van der Waals surface area (Å²) in [7, 11) is 5.25. The molecule has 2 aromatic heterocycles. The SMILES string of the molecule is COc1ccc(OC)c(-c2csc(=Nc3c(C)n(C)n(-c4ccccc4)c3=O)n2C2CCCc3ccccc32)c1. The van der Waals surface area contributed by atoms with E-state index < -0.39 is 0 Å². The monoisotopic (exact) mass is 552 g/mol. The van der Waals surface area contributed by atoms with Crippen LogP contribution in [0.5, 0.6) is 11.5 Å². The van der Waals surface area contributed by atoms with Crippen molar-refractivity contribution in [2.24, 2.45) is 12.0 Å². The topological polar surface area (TPSA) is 62.7 Å². The number of ether oxygens (including phenoxy) is 2. The van der Waals surface area contributed by atoms with Gasteiger partial charge in [0.1, 0.15) is 11.5 Å². The molecule has 2 heterocycles. The number of aromatic nitrogens is 3. The molecular formula is C32H32N4O3S. The molecule has 3 aromatic carbocycles. The van der Waals surface area contributed by atoms with E-state index in [1.807, 2.05) is 67.2 Å². The van der Waals surface area contributed by atoms with Gasteiger partial charge in [-0.3, -0.25) is 9.48 Å². The van der Waals surface area contributed by atoms with Crippen molar-refractivity contribution in [2.45, 2.75) is 32.2 Å². The van der Waals surface area contributed by atoms with E-state index in [1.54, 1.807) is 18.9 Å². The molecule has 204 valence electrons. The van der Waals surface area contributed by atoms with Crippen LogP contribution in [0.15, 0.2) is 88.0 Å². The second-order valence-electron chi connectivity index (χ2n) is 9.97. The number of rotatable bonds is 6. The molecule has 0 spiro atoms. The zero-order valence-electron chi connectivity index (χ0n) is 23.1. The maximum absolute atomic E-state index is 13.8. The molecule has 6 rings (SSSR count). The second-order valence-corrected chi connectivity index (χ2v) is 10.8. The summed E-state index contributed by atoms with van der Waals surface area (Å²) < 4.78 is 17.2. The zero-order valence-corrected chi connectivity index (χ0v) is 23.9. The van der Waals surface area contributed by atoms with Crippen LogP contribution in [0.25, 0.3) is 16.9 Å². The first-order chi connectivity index (χ1) is 19.5. The molecule has 40 heavy (non-hydrogen) atoms. The van der Waals surface area contributed by atoms with Crippen LogP contribution in [-0.2, 0) is 13.5 Å². The Morgan fingerprint density at radius 3 is 2.52 bits per heavy atom. The molecule has 0 aliphatic heterocycles. The Hall–Kier alpha value is -4.30. The van der Waals surface area contributed by atoms with Gasteiger partial charge >= 0.3 is 0 Å². The number of fused-ring (bicyclic) bond motifs is 1. The van der Waals surface area contributed by atoms with Gasteiger partial charge in [-0.2, -0.15) is 0 Å². The minimum atomic E-state index is -0.143. The van der Waals surface area contributed by atoms with Gasteiger partial charge in [-0.1, -0.05) is 42.5 Å². The molecule has 0 N–H and O–H groups in total. The third-order valence-corrected chi connectivity index (χ3v) is 8.64. The number of para-hydroxylation sites is 1. The molecule has 1 atom stereocenters. The Morgan fingerprint density at radius 2 is 1.75 bits per heavy atom. The fourth-order valence-electron chi connectivity index (χ4n) is 5.69. The number of nitrogens with zero attached hydrogens (tertiary/aromatic N) is 4. The van der Waals surface area contributed by atoms with E-state index in [9.17, 15) is 4.79 Å². The number of benzene rings is 3. The van der Waals surface area contributed by atoms with Gasteiger partial charge < -0.3 is 14.0 Å². The van der Waals surface area contributed by atoms with Crippen molar-refractivity contribution in [1.82, 2.24) is 13.9 Å². The van der Waals surface area contributed by atoms with Crippen LogP contribution < -0.4 is 19.8 Å². The predicted molar refractivity (Wildman–Crippen MR) is 159 cm³/mol. The van der Waals surface area contributed by atoms with Gasteiger partial charge in [0.15, 0.2) is 10.5 Å². The first kappa shape index (κ1) is 26.0. The quantitative estimate of drug-likeness (QED) is 0.252. The van der Waals surface area contributed by atoms with Gasteiger partial charge in [-0.25, -0.2) is 9.67 Å². The summed E-state index contributed by atoms with van der Waals surface area (Å²) in [5.74, 6) is 1.51. The molecule has 5 aromatic rings. The largest absolute Gasteiger partial charge is 0.497 e. The van der Waals surface area contributed by atoms with Gasteiger partial charge in [-0.15, -0.1) is 11.3 Å². The van der Waals surface area contributed by atoms with Crippen LogP contribution in [-0.4, -0.2) is 28.2 Å². The van der Waals surface area contributed by atoms with Gasteiger partial charge in [0.2, 0.25) is 0 Å². The summed E-state index contributed by atoms with van der Waals surface area (Å²) in [5, 5.41) is 2.11. The van der Waals surface area contributed by atoms with Crippen molar-refractivity contribution in [3.8, 4) is 28.4 Å². The molecule has 1 unspecified atom stereocenters. The van der Waals surface area contributed by atoms with E-state index in [1.165, 1.54) is 22.5 Å². The summed E-state index contributed by atoms with van der Waals surface area (Å²) in [6.45, 7) is 1.94. The molecule has 1 aliphatic carbocycles. The highest BCUT2D eigenvalue weighted by molar-refractivity contribution is 7.07. The number of aryl methyl sites for hydroxylation is 1. The maximum Gasteiger partial charge on any atom is 0.297 e. The van der Waals surface area contributed by atoms with Crippen molar-refractivity contribution in [3.05, 3.63) is 110 Å². The Kier molecular flexibility index (Phi) is 6.94. The first-order valence-electron chi connectivity index (χ1n) is 13.4. The number of thiazole rings is 1.